The van der Waals surface area contributed by atoms with Gasteiger partial charge in [0.1, 0.15) is 30.2 Å². The van der Waals surface area contributed by atoms with E-state index in [0.29, 0.717) is 4.57 Å². The average molecular weight is 631 g/mol. The Morgan fingerprint density at radius 2 is 1.98 bits per heavy atom. The zero-order valence-electron chi connectivity index (χ0n) is 21.9. The molecule has 1 fully saturated rings. The zero-order valence-corrected chi connectivity index (χ0v) is 22.8. The summed E-state index contributed by atoms with van der Waals surface area (Å²) in [5, 5.41) is 72.4. The Kier molecular flexibility index (Phi) is 12.5. The van der Waals surface area contributed by atoms with Gasteiger partial charge in [-0.15, -0.1) is 0 Å². The minimum Gasteiger partial charge on any atom is -0.477 e. The van der Waals surface area contributed by atoms with Crippen LogP contribution < -0.4 is 22.5 Å². The third-order valence-electron chi connectivity index (χ3n) is 5.92. The van der Waals surface area contributed by atoms with Crippen molar-refractivity contribution in [1.82, 2.24) is 14.9 Å². The Bertz CT molecular complexity index is 1190. The Morgan fingerprint density at radius 1 is 1.33 bits per heavy atom. The van der Waals surface area contributed by atoms with Crippen LogP contribution in [0.25, 0.3) is 0 Å². The van der Waals surface area contributed by atoms with Gasteiger partial charge in [0.25, 0.3) is 5.79 Å². The summed E-state index contributed by atoms with van der Waals surface area (Å²) in [4.78, 5) is 49.6. The lowest BCUT2D eigenvalue weighted by molar-refractivity contribution is -0.289. The van der Waals surface area contributed by atoms with Gasteiger partial charge in [0.2, 0.25) is 12.3 Å². The molecule has 1 aromatic rings. The van der Waals surface area contributed by atoms with Gasteiger partial charge < -0.3 is 66.9 Å². The number of carbonyl (C=O) groups is 2. The molecule has 0 radical (unpaired) electrons. The van der Waals surface area contributed by atoms with Crippen molar-refractivity contribution in [2.45, 2.75) is 68.2 Å². The van der Waals surface area contributed by atoms with E-state index in [9.17, 15) is 59.6 Å². The zero-order chi connectivity index (χ0) is 32.0. The largest absolute Gasteiger partial charge is 0.477 e. The first kappa shape index (κ1) is 35.6. The molecule has 21 nitrogen and oxygen atoms in total. The van der Waals surface area contributed by atoms with E-state index in [1.54, 1.807) is 0 Å². The molecule has 0 saturated carbocycles. The van der Waals surface area contributed by atoms with Crippen LogP contribution in [0.3, 0.4) is 0 Å². The Morgan fingerprint density at radius 3 is 2.50 bits per heavy atom. The lowest BCUT2D eigenvalue weighted by Crippen LogP contribution is -2.68. The summed E-state index contributed by atoms with van der Waals surface area (Å²) in [5.74, 6) is -6.44. The van der Waals surface area contributed by atoms with Crippen molar-refractivity contribution in [3.8, 4) is 0 Å². The first-order chi connectivity index (χ1) is 19.5. The number of phosphoric ester groups is 1. The minimum absolute atomic E-state index is 0.173. The molecular weight excluding hydrogens is 597 g/mol. The first-order valence-electron chi connectivity index (χ1n) is 12.1. The first-order valence-corrected chi connectivity index (χ1v) is 13.6. The number of phosphoric acid groups is 1. The maximum Gasteiger partial charge on any atom is 0.475 e. The smallest absolute Gasteiger partial charge is 0.475 e. The number of nitrogens with one attached hydrogen (secondary N) is 1. The number of ether oxygens (including phenoxy) is 2. The molecule has 2 heterocycles. The molecule has 2 rings (SSSR count). The molecule has 0 spiro atoms. The molecular formula is C20H34N5O16P. The van der Waals surface area contributed by atoms with Crippen LogP contribution in [-0.2, 0) is 32.7 Å². The van der Waals surface area contributed by atoms with Crippen LogP contribution in [0, 0.1) is 0 Å². The summed E-state index contributed by atoms with van der Waals surface area (Å²) < 4.78 is 33.2. The predicted octanol–water partition coefficient (Wildman–Crippen LogP) is -5.74. The van der Waals surface area contributed by atoms with E-state index in [4.69, 9.17) is 30.0 Å². The predicted molar refractivity (Wildman–Crippen MR) is 134 cm³/mol. The Labute approximate surface area is 236 Å². The van der Waals surface area contributed by atoms with Gasteiger partial charge in [0.15, 0.2) is 0 Å². The van der Waals surface area contributed by atoms with Crippen molar-refractivity contribution in [3.63, 3.8) is 0 Å². The number of aliphatic hydroxyl groups excluding tert-OH is 6. The van der Waals surface area contributed by atoms with Crippen LogP contribution in [0.15, 0.2) is 17.1 Å². The molecule has 1 aliphatic heterocycles. The van der Waals surface area contributed by atoms with E-state index in [2.05, 4.69) is 10.3 Å². The van der Waals surface area contributed by atoms with Crippen molar-refractivity contribution in [2.75, 3.05) is 25.5 Å². The molecule has 22 heteroatoms. The molecule has 1 saturated heterocycles. The second-order valence-corrected chi connectivity index (χ2v) is 10.5. The molecule has 1 aliphatic rings. The highest BCUT2D eigenvalue weighted by Crippen LogP contribution is 2.51. The number of aliphatic carboxylic acids is 1. The molecule has 0 aliphatic carbocycles. The van der Waals surface area contributed by atoms with Crippen molar-refractivity contribution in [3.05, 3.63) is 22.7 Å². The van der Waals surface area contributed by atoms with Gasteiger partial charge in [0.05, 0.1) is 38.0 Å². The number of amides is 1. The van der Waals surface area contributed by atoms with E-state index >= 15 is 0 Å². The quantitative estimate of drug-likeness (QED) is 0.0634. The number of rotatable bonds is 15. The van der Waals surface area contributed by atoms with Crippen molar-refractivity contribution < 1.29 is 73.3 Å². The highest BCUT2D eigenvalue weighted by Gasteiger charge is 2.58. The lowest BCUT2D eigenvalue weighted by Gasteiger charge is -2.46. The van der Waals surface area contributed by atoms with E-state index in [-0.39, 0.29) is 5.82 Å². The number of carbonyl (C=O) groups excluding carboxylic acids is 1. The monoisotopic (exact) mass is 631 g/mol. The Balaban J connectivity index is 2.27. The summed E-state index contributed by atoms with van der Waals surface area (Å²) >= 11 is 0. The van der Waals surface area contributed by atoms with Crippen molar-refractivity contribution >= 4 is 25.5 Å². The summed E-state index contributed by atoms with van der Waals surface area (Å²) in [6.07, 6.45) is -13.6. The summed E-state index contributed by atoms with van der Waals surface area (Å²) in [7, 11) is -5.56. The third-order valence-corrected chi connectivity index (χ3v) is 6.92. The highest BCUT2D eigenvalue weighted by molar-refractivity contribution is 7.47. The second-order valence-electron chi connectivity index (χ2n) is 9.09. The molecule has 240 valence electrons. The SMILES string of the molecule is C[C@@H](O)[C@@H](COP(=O)(O)O[C@@]1(C(=O)O)C[C@@H](O)[C@@H](NC(=O)CN)C([C@H](O)[C@H](O)CO)O1)OC(O)n1ccc(N)nc1=O. The molecule has 0 aromatic carbocycles. The van der Waals surface area contributed by atoms with Gasteiger partial charge in [-0.2, -0.15) is 4.98 Å². The number of nitrogens with two attached hydrogens (primary N) is 2. The van der Waals surface area contributed by atoms with Crippen molar-refractivity contribution in [1.29, 1.82) is 0 Å². The number of carboxylic acids is 1. The fraction of sp³-hybridized carbons (Fsp3) is 0.700. The van der Waals surface area contributed by atoms with Gasteiger partial charge in [-0.05, 0) is 13.0 Å². The fourth-order valence-corrected chi connectivity index (χ4v) is 4.68. The maximum atomic E-state index is 12.8. The van der Waals surface area contributed by atoms with Gasteiger partial charge in [0, 0.05) is 12.6 Å². The van der Waals surface area contributed by atoms with Crippen LogP contribution in [0.4, 0.5) is 5.82 Å². The van der Waals surface area contributed by atoms with E-state index in [0.717, 1.165) is 19.2 Å². The number of hydrogen-bond acceptors (Lipinski definition) is 17. The third kappa shape index (κ3) is 8.94. The molecule has 1 aromatic heterocycles. The average Bonchev–Trinajstić information content (AvgIpc) is 2.90. The van der Waals surface area contributed by atoms with E-state index < -0.39 is 106 Å². The fourth-order valence-electron chi connectivity index (χ4n) is 3.72. The Hall–Kier alpha value is -2.63. The summed E-state index contributed by atoms with van der Waals surface area (Å²) in [6, 6.07) is -0.509. The maximum absolute atomic E-state index is 12.8. The second kappa shape index (κ2) is 14.7. The van der Waals surface area contributed by atoms with Crippen LogP contribution >= 0.6 is 7.82 Å². The van der Waals surface area contributed by atoms with Crippen LogP contribution in [0.1, 0.15) is 19.8 Å². The van der Waals surface area contributed by atoms with Crippen LogP contribution in [0.2, 0.25) is 0 Å². The standard InChI is InChI=1S/C20H34N5O16P/c1-8(27)11(39-19(35)25-3-2-12(22)23-18(25)34)7-38-42(36,37)41-20(17(32)33)4-9(28)14(24-13(30)5-21)16(40-20)15(31)10(29)6-26/h2-3,8-11,14-16,19,26-29,31,35H,4-7,21H2,1H3,(H,24,30)(H,32,33)(H,36,37)(H2,22,23,34)/t8-,9-,10-,11-,14-,15-,16?,19?,20-/m1/s1. The number of nitrogens with zero attached hydrogens (tertiary/aromatic N) is 2. The van der Waals surface area contributed by atoms with Crippen LogP contribution in [0.5, 0.6) is 0 Å². The highest BCUT2D eigenvalue weighted by atomic mass is 31.2. The number of anilines is 1. The molecule has 1 amide bonds. The van der Waals surface area contributed by atoms with Gasteiger partial charge >= 0.3 is 19.5 Å². The number of aromatic nitrogens is 2. The molecule has 10 atom stereocenters. The topological polar surface area (TPSA) is 349 Å². The number of nitrogen functional groups attached to an aromatic ring is 1. The molecule has 3 unspecified atom stereocenters. The minimum atomic E-state index is -5.56. The number of aliphatic hydroxyl groups is 6. The molecule has 13 N–H and O–H groups in total. The van der Waals surface area contributed by atoms with E-state index in [1.165, 1.54) is 0 Å². The van der Waals surface area contributed by atoms with Gasteiger partial charge in [-0.3, -0.25) is 9.32 Å². The van der Waals surface area contributed by atoms with Gasteiger partial charge in [-0.1, -0.05) is 0 Å². The van der Waals surface area contributed by atoms with E-state index in [1.807, 2.05) is 0 Å². The lowest BCUT2D eigenvalue weighted by atomic mass is 9.88. The number of carboxylic acid groups (broad SMARTS) is 1. The summed E-state index contributed by atoms with van der Waals surface area (Å²) in [6.45, 7) is -1.65. The van der Waals surface area contributed by atoms with Gasteiger partial charge in [-0.25, -0.2) is 23.2 Å². The molecule has 0 bridgehead atoms. The molecule has 42 heavy (non-hydrogen) atoms. The normalized spacial score (nSPS) is 27.7. The van der Waals surface area contributed by atoms with Crippen LogP contribution in [-0.4, -0.2) is 130 Å². The number of hydrogen-bond donors (Lipinski definition) is 11. The summed E-state index contributed by atoms with van der Waals surface area (Å²) in [5.41, 5.74) is 9.53. The van der Waals surface area contributed by atoms with Crippen molar-refractivity contribution in [2.24, 2.45) is 5.73 Å².